The summed E-state index contributed by atoms with van der Waals surface area (Å²) in [7, 11) is 0. The lowest BCUT2D eigenvalue weighted by atomic mass is 10.1. The normalized spacial score (nSPS) is 16.8. The van der Waals surface area contributed by atoms with Crippen molar-refractivity contribution in [2.75, 3.05) is 18.0 Å². The maximum atomic E-state index is 12.7. The molecule has 108 valence electrons. The van der Waals surface area contributed by atoms with Crippen LogP contribution in [-0.2, 0) is 11.0 Å². The molecule has 0 radical (unpaired) electrons. The highest BCUT2D eigenvalue weighted by atomic mass is 19.4. The van der Waals surface area contributed by atoms with E-state index >= 15 is 0 Å². The van der Waals surface area contributed by atoms with Gasteiger partial charge in [0, 0.05) is 19.5 Å². The van der Waals surface area contributed by atoms with Gasteiger partial charge in [0.05, 0.1) is 11.3 Å². The van der Waals surface area contributed by atoms with E-state index in [4.69, 9.17) is 0 Å². The van der Waals surface area contributed by atoms with E-state index in [2.05, 4.69) is 0 Å². The number of alkyl halides is 3. The summed E-state index contributed by atoms with van der Waals surface area (Å²) in [6.45, 7) is 2.45. The third kappa shape index (κ3) is 2.61. The molecule has 1 aromatic rings. The maximum absolute atomic E-state index is 12.7. The van der Waals surface area contributed by atoms with Gasteiger partial charge in [0.2, 0.25) is 5.91 Å². The molecule has 20 heavy (non-hydrogen) atoms. The molecule has 1 saturated heterocycles. The van der Waals surface area contributed by atoms with Crippen LogP contribution in [0.5, 0.6) is 0 Å². The zero-order chi connectivity index (χ0) is 14.9. The molecular weight excluding hydrogens is 273 g/mol. The highest BCUT2D eigenvalue weighted by Crippen LogP contribution is 2.32. The Morgan fingerprint density at radius 3 is 2.55 bits per heavy atom. The minimum Gasteiger partial charge on any atom is -0.324 e. The van der Waals surface area contributed by atoms with Crippen LogP contribution in [0.2, 0.25) is 0 Å². The smallest absolute Gasteiger partial charge is 0.324 e. The largest absolute Gasteiger partial charge is 0.416 e. The second-order valence-corrected chi connectivity index (χ2v) is 4.39. The van der Waals surface area contributed by atoms with Crippen LogP contribution in [-0.4, -0.2) is 29.9 Å². The van der Waals surface area contributed by atoms with Crippen molar-refractivity contribution in [3.8, 4) is 0 Å². The minimum atomic E-state index is -4.51. The van der Waals surface area contributed by atoms with Crippen molar-refractivity contribution in [1.82, 2.24) is 4.90 Å². The first-order chi connectivity index (χ1) is 9.34. The molecule has 4 nitrogen and oxygen atoms in total. The van der Waals surface area contributed by atoms with Gasteiger partial charge in [-0.05, 0) is 25.1 Å². The van der Waals surface area contributed by atoms with E-state index in [0.717, 1.165) is 17.0 Å². The fraction of sp³-hybridized carbons (Fsp3) is 0.385. The Labute approximate surface area is 113 Å². The van der Waals surface area contributed by atoms with E-state index in [-0.39, 0.29) is 12.1 Å². The fourth-order valence-electron chi connectivity index (χ4n) is 2.06. The summed E-state index contributed by atoms with van der Waals surface area (Å²) in [4.78, 5) is 26.1. The number of carbonyl (C=O) groups excluding carboxylic acids is 2. The van der Waals surface area contributed by atoms with Gasteiger partial charge < -0.3 is 4.90 Å². The van der Waals surface area contributed by atoms with Crippen molar-refractivity contribution in [3.05, 3.63) is 29.8 Å². The number of halogens is 3. The van der Waals surface area contributed by atoms with Crippen LogP contribution in [0.4, 0.5) is 23.7 Å². The van der Waals surface area contributed by atoms with Crippen molar-refractivity contribution in [1.29, 1.82) is 0 Å². The van der Waals surface area contributed by atoms with Gasteiger partial charge in [-0.25, -0.2) is 9.69 Å². The Morgan fingerprint density at radius 2 is 1.95 bits per heavy atom. The van der Waals surface area contributed by atoms with E-state index < -0.39 is 23.7 Å². The lowest BCUT2D eigenvalue weighted by Crippen LogP contribution is -2.52. The molecule has 0 spiro atoms. The van der Waals surface area contributed by atoms with Crippen LogP contribution < -0.4 is 4.90 Å². The van der Waals surface area contributed by atoms with E-state index in [9.17, 15) is 22.8 Å². The second-order valence-electron chi connectivity index (χ2n) is 4.39. The van der Waals surface area contributed by atoms with Crippen LogP contribution >= 0.6 is 0 Å². The number of carbonyl (C=O) groups is 2. The Hall–Kier alpha value is -2.05. The Kier molecular flexibility index (Phi) is 3.69. The van der Waals surface area contributed by atoms with E-state index in [1.807, 2.05) is 0 Å². The molecule has 1 heterocycles. The van der Waals surface area contributed by atoms with Crippen LogP contribution in [0.3, 0.4) is 0 Å². The molecule has 0 aromatic heterocycles. The number of hydrogen-bond acceptors (Lipinski definition) is 2. The molecule has 0 atom stereocenters. The number of rotatable bonds is 2. The number of amides is 3. The van der Waals surface area contributed by atoms with Gasteiger partial charge in [-0.1, -0.05) is 6.07 Å². The van der Waals surface area contributed by atoms with E-state index in [1.165, 1.54) is 17.0 Å². The quantitative estimate of drug-likeness (QED) is 0.838. The molecule has 1 aliphatic rings. The monoisotopic (exact) mass is 286 g/mol. The van der Waals surface area contributed by atoms with Gasteiger partial charge in [0.1, 0.15) is 0 Å². The number of anilines is 1. The van der Waals surface area contributed by atoms with Crippen molar-refractivity contribution in [2.45, 2.75) is 19.5 Å². The molecule has 0 aliphatic carbocycles. The topological polar surface area (TPSA) is 40.6 Å². The van der Waals surface area contributed by atoms with Crippen LogP contribution in [0, 0.1) is 0 Å². The molecule has 1 fully saturated rings. The first-order valence-corrected chi connectivity index (χ1v) is 6.13. The lowest BCUT2D eigenvalue weighted by molar-refractivity contribution is -0.137. The number of hydrogen-bond donors (Lipinski definition) is 0. The molecule has 1 aliphatic heterocycles. The van der Waals surface area contributed by atoms with E-state index in [0.29, 0.717) is 13.1 Å². The molecular formula is C13H13F3N2O2. The van der Waals surface area contributed by atoms with Crippen LogP contribution in [0.1, 0.15) is 18.9 Å². The number of benzene rings is 1. The summed E-state index contributed by atoms with van der Waals surface area (Å²) in [5.41, 5.74) is -0.933. The Morgan fingerprint density at radius 1 is 1.25 bits per heavy atom. The summed E-state index contributed by atoms with van der Waals surface area (Å²) in [5, 5.41) is 0. The molecule has 1 aromatic carbocycles. The molecule has 0 unspecified atom stereocenters. The van der Waals surface area contributed by atoms with Gasteiger partial charge in [-0.2, -0.15) is 13.2 Å². The minimum absolute atomic E-state index is 0.0482. The number of urea groups is 1. The Bertz CT molecular complexity index is 543. The molecule has 0 N–H and O–H groups in total. The highest BCUT2D eigenvalue weighted by Gasteiger charge is 2.35. The summed E-state index contributed by atoms with van der Waals surface area (Å²) >= 11 is 0. The van der Waals surface area contributed by atoms with Gasteiger partial charge >= 0.3 is 12.2 Å². The zero-order valence-electron chi connectivity index (χ0n) is 10.8. The standard InChI is InChI=1S/C13H13F3N2O2/c1-2-17-7-6-11(19)18(12(17)20)10-5-3-4-9(8-10)13(14,15)16/h3-5,8H,2,6-7H2,1H3. The average molecular weight is 286 g/mol. The summed E-state index contributed by atoms with van der Waals surface area (Å²) in [6.07, 6.45) is -4.40. The predicted molar refractivity (Wildman–Crippen MR) is 66.2 cm³/mol. The molecule has 0 saturated carbocycles. The third-order valence-electron chi connectivity index (χ3n) is 3.12. The summed E-state index contributed by atoms with van der Waals surface area (Å²) in [5.74, 6) is -0.487. The van der Waals surface area contributed by atoms with Crippen molar-refractivity contribution in [3.63, 3.8) is 0 Å². The second kappa shape index (κ2) is 5.15. The molecule has 2 rings (SSSR count). The zero-order valence-corrected chi connectivity index (χ0v) is 10.8. The Balaban J connectivity index is 2.39. The number of nitrogens with zero attached hydrogens (tertiary/aromatic N) is 2. The van der Waals surface area contributed by atoms with Crippen molar-refractivity contribution < 1.29 is 22.8 Å². The maximum Gasteiger partial charge on any atom is 0.416 e. The predicted octanol–water partition coefficient (Wildman–Crippen LogP) is 2.88. The molecule has 7 heteroatoms. The van der Waals surface area contributed by atoms with Crippen molar-refractivity contribution in [2.24, 2.45) is 0 Å². The number of imide groups is 1. The van der Waals surface area contributed by atoms with Crippen molar-refractivity contribution >= 4 is 17.6 Å². The first-order valence-electron chi connectivity index (χ1n) is 6.13. The lowest BCUT2D eigenvalue weighted by Gasteiger charge is -2.33. The summed E-state index contributed by atoms with van der Waals surface area (Å²) < 4.78 is 38.0. The van der Waals surface area contributed by atoms with Gasteiger partial charge in [0.15, 0.2) is 0 Å². The summed E-state index contributed by atoms with van der Waals surface area (Å²) in [6, 6.07) is 3.64. The van der Waals surface area contributed by atoms with Gasteiger partial charge in [0.25, 0.3) is 0 Å². The van der Waals surface area contributed by atoms with Crippen LogP contribution in [0.15, 0.2) is 24.3 Å². The molecule has 3 amide bonds. The SMILES string of the molecule is CCN1CCC(=O)N(c2cccc(C(F)(F)F)c2)C1=O. The van der Waals surface area contributed by atoms with Gasteiger partial charge in [-0.15, -0.1) is 0 Å². The molecule has 0 bridgehead atoms. The van der Waals surface area contributed by atoms with Gasteiger partial charge in [-0.3, -0.25) is 4.79 Å². The van der Waals surface area contributed by atoms with Crippen LogP contribution in [0.25, 0.3) is 0 Å². The average Bonchev–Trinajstić information content (AvgIpc) is 2.38. The fourth-order valence-corrected chi connectivity index (χ4v) is 2.06. The van der Waals surface area contributed by atoms with E-state index in [1.54, 1.807) is 6.92 Å². The first kappa shape index (κ1) is 14.4. The third-order valence-corrected chi connectivity index (χ3v) is 3.12. The highest BCUT2D eigenvalue weighted by molar-refractivity contribution is 6.15.